The van der Waals surface area contributed by atoms with Crippen LogP contribution in [0.25, 0.3) is 0 Å². The number of rotatable bonds is 4. The van der Waals surface area contributed by atoms with E-state index in [1.54, 1.807) is 0 Å². The maximum Gasteiger partial charge on any atom is 0.0897 e. The highest BCUT2D eigenvalue weighted by Gasteiger charge is 2.23. The van der Waals surface area contributed by atoms with Crippen molar-refractivity contribution in [3.05, 3.63) is 0 Å². The zero-order chi connectivity index (χ0) is 10.6. The number of likely N-dealkylation sites (N-methyl/N-ethyl adjacent to an activating group) is 1. The van der Waals surface area contributed by atoms with Crippen molar-refractivity contribution in [2.45, 2.75) is 43.9 Å². The molecule has 0 spiro atoms. The fourth-order valence-corrected chi connectivity index (χ4v) is 2.04. The molecule has 0 amide bonds. The minimum absolute atomic E-state index is 0.137. The van der Waals surface area contributed by atoms with Gasteiger partial charge in [0.15, 0.2) is 0 Å². The Kier molecular flexibility index (Phi) is 4.81. The van der Waals surface area contributed by atoms with Gasteiger partial charge in [-0.2, -0.15) is 0 Å². The molecule has 84 valence electrons. The third-order valence-electron chi connectivity index (χ3n) is 3.00. The predicted molar refractivity (Wildman–Crippen MR) is 54.0 cm³/mol. The van der Waals surface area contributed by atoms with Gasteiger partial charge in [0.05, 0.1) is 18.8 Å². The molecule has 0 aliphatic heterocycles. The van der Waals surface area contributed by atoms with E-state index in [-0.39, 0.29) is 12.7 Å². The number of hydrogen-bond donors (Lipinski definition) is 3. The summed E-state index contributed by atoms with van der Waals surface area (Å²) in [5.41, 5.74) is 0. The first-order valence-electron chi connectivity index (χ1n) is 5.30. The topological polar surface area (TPSA) is 63.9 Å². The molecular formula is C10H21NO3. The van der Waals surface area contributed by atoms with Crippen LogP contribution in [0.4, 0.5) is 0 Å². The van der Waals surface area contributed by atoms with Crippen molar-refractivity contribution in [2.24, 2.45) is 0 Å². The largest absolute Gasteiger partial charge is 0.394 e. The number of aliphatic hydroxyl groups is 3. The van der Waals surface area contributed by atoms with Crippen LogP contribution in [0.5, 0.6) is 0 Å². The second-order valence-electron chi connectivity index (χ2n) is 4.24. The minimum atomic E-state index is -0.646. The fourth-order valence-electron chi connectivity index (χ4n) is 2.04. The van der Waals surface area contributed by atoms with E-state index in [1.807, 2.05) is 7.05 Å². The molecule has 4 nitrogen and oxygen atoms in total. The molecule has 1 saturated carbocycles. The first-order chi connectivity index (χ1) is 6.63. The van der Waals surface area contributed by atoms with Crippen molar-refractivity contribution in [3.8, 4) is 0 Å². The van der Waals surface area contributed by atoms with Crippen molar-refractivity contribution in [1.29, 1.82) is 0 Å². The Bertz CT molecular complexity index is 157. The van der Waals surface area contributed by atoms with Crippen LogP contribution in [0, 0.1) is 0 Å². The molecule has 1 fully saturated rings. The van der Waals surface area contributed by atoms with Gasteiger partial charge in [0, 0.05) is 12.6 Å². The molecule has 3 N–H and O–H groups in total. The molecule has 0 aromatic heterocycles. The third-order valence-corrected chi connectivity index (χ3v) is 3.00. The summed E-state index contributed by atoms with van der Waals surface area (Å²) in [5.74, 6) is 0. The Labute approximate surface area is 85.2 Å². The van der Waals surface area contributed by atoms with E-state index in [4.69, 9.17) is 5.11 Å². The van der Waals surface area contributed by atoms with Crippen molar-refractivity contribution < 1.29 is 15.3 Å². The van der Waals surface area contributed by atoms with Crippen LogP contribution in [0.3, 0.4) is 0 Å². The lowest BCUT2D eigenvalue weighted by Crippen LogP contribution is -2.41. The summed E-state index contributed by atoms with van der Waals surface area (Å²) in [6, 6.07) is 0.444. The van der Waals surface area contributed by atoms with Crippen molar-refractivity contribution in [3.63, 3.8) is 0 Å². The van der Waals surface area contributed by atoms with E-state index < -0.39 is 6.10 Å². The van der Waals surface area contributed by atoms with Gasteiger partial charge in [-0.15, -0.1) is 0 Å². The molecule has 1 aliphatic carbocycles. The zero-order valence-corrected chi connectivity index (χ0v) is 8.76. The lowest BCUT2D eigenvalue weighted by Gasteiger charge is -2.33. The van der Waals surface area contributed by atoms with Crippen LogP contribution >= 0.6 is 0 Å². The van der Waals surface area contributed by atoms with Gasteiger partial charge in [-0.05, 0) is 32.7 Å². The lowest BCUT2D eigenvalue weighted by molar-refractivity contribution is 0.0338. The van der Waals surface area contributed by atoms with E-state index in [2.05, 4.69) is 4.90 Å². The quantitative estimate of drug-likeness (QED) is 0.580. The Morgan fingerprint density at radius 3 is 2.36 bits per heavy atom. The fraction of sp³-hybridized carbons (Fsp3) is 1.00. The summed E-state index contributed by atoms with van der Waals surface area (Å²) in [4.78, 5) is 2.08. The summed E-state index contributed by atoms with van der Waals surface area (Å²) in [5, 5.41) is 27.3. The molecule has 1 aliphatic rings. The van der Waals surface area contributed by atoms with E-state index in [1.165, 1.54) is 0 Å². The van der Waals surface area contributed by atoms with Crippen molar-refractivity contribution >= 4 is 0 Å². The smallest absolute Gasteiger partial charge is 0.0897 e. The van der Waals surface area contributed by atoms with Gasteiger partial charge in [-0.25, -0.2) is 0 Å². The molecule has 0 unspecified atom stereocenters. The molecule has 1 rings (SSSR count). The molecule has 0 aromatic rings. The van der Waals surface area contributed by atoms with Gasteiger partial charge in [-0.3, -0.25) is 0 Å². The Hall–Kier alpha value is -0.160. The number of hydrogen-bond acceptors (Lipinski definition) is 4. The Balaban J connectivity index is 2.26. The predicted octanol–water partition coefficient (Wildman–Crippen LogP) is -0.425. The van der Waals surface area contributed by atoms with E-state index in [0.29, 0.717) is 12.6 Å². The van der Waals surface area contributed by atoms with Crippen LogP contribution in [-0.2, 0) is 0 Å². The second-order valence-corrected chi connectivity index (χ2v) is 4.24. The minimum Gasteiger partial charge on any atom is -0.394 e. The average Bonchev–Trinajstić information content (AvgIpc) is 2.18. The summed E-state index contributed by atoms with van der Waals surface area (Å²) in [7, 11) is 1.96. The molecule has 14 heavy (non-hydrogen) atoms. The van der Waals surface area contributed by atoms with Gasteiger partial charge in [0.25, 0.3) is 0 Å². The van der Waals surface area contributed by atoms with Gasteiger partial charge in [0.2, 0.25) is 0 Å². The third kappa shape index (κ3) is 3.53. The van der Waals surface area contributed by atoms with Gasteiger partial charge in [-0.1, -0.05) is 0 Å². The summed E-state index contributed by atoms with van der Waals surface area (Å²) >= 11 is 0. The standard InChI is InChI=1S/C10H21NO3/c1-11(6-10(14)7-12)8-2-4-9(13)5-3-8/h8-10,12-14H,2-7H2,1H3/t8?,9?,10-/m0/s1. The highest BCUT2D eigenvalue weighted by molar-refractivity contribution is 4.78. The number of nitrogens with zero attached hydrogens (tertiary/aromatic N) is 1. The molecule has 4 heteroatoms. The molecule has 0 aromatic carbocycles. The highest BCUT2D eigenvalue weighted by atomic mass is 16.3. The second kappa shape index (κ2) is 5.66. The molecular weight excluding hydrogens is 182 g/mol. The Morgan fingerprint density at radius 2 is 1.86 bits per heavy atom. The average molecular weight is 203 g/mol. The monoisotopic (exact) mass is 203 g/mol. The highest BCUT2D eigenvalue weighted by Crippen LogP contribution is 2.22. The molecule has 0 heterocycles. The zero-order valence-electron chi connectivity index (χ0n) is 8.76. The van der Waals surface area contributed by atoms with Crippen LogP contribution < -0.4 is 0 Å². The number of aliphatic hydroxyl groups excluding tert-OH is 3. The van der Waals surface area contributed by atoms with Crippen LogP contribution in [0.15, 0.2) is 0 Å². The first-order valence-corrected chi connectivity index (χ1v) is 5.30. The SMILES string of the molecule is CN(C[C@H](O)CO)C1CCC(O)CC1. The van der Waals surface area contributed by atoms with Gasteiger partial charge in [0.1, 0.15) is 0 Å². The van der Waals surface area contributed by atoms with E-state index in [0.717, 1.165) is 25.7 Å². The van der Waals surface area contributed by atoms with Crippen molar-refractivity contribution in [1.82, 2.24) is 4.90 Å². The van der Waals surface area contributed by atoms with Gasteiger partial charge < -0.3 is 20.2 Å². The van der Waals surface area contributed by atoms with Crippen LogP contribution in [0.1, 0.15) is 25.7 Å². The van der Waals surface area contributed by atoms with E-state index >= 15 is 0 Å². The van der Waals surface area contributed by atoms with E-state index in [9.17, 15) is 10.2 Å². The summed E-state index contributed by atoms with van der Waals surface area (Å²) < 4.78 is 0. The van der Waals surface area contributed by atoms with Crippen LogP contribution in [-0.4, -0.2) is 58.7 Å². The maximum atomic E-state index is 9.33. The maximum absolute atomic E-state index is 9.33. The first kappa shape index (κ1) is 11.9. The molecule has 0 bridgehead atoms. The molecule has 0 saturated heterocycles. The Morgan fingerprint density at radius 1 is 1.29 bits per heavy atom. The lowest BCUT2D eigenvalue weighted by atomic mass is 9.92. The summed E-state index contributed by atoms with van der Waals surface area (Å²) in [6.07, 6.45) is 2.88. The van der Waals surface area contributed by atoms with Gasteiger partial charge >= 0.3 is 0 Å². The van der Waals surface area contributed by atoms with Crippen LogP contribution in [0.2, 0.25) is 0 Å². The van der Waals surface area contributed by atoms with Crippen molar-refractivity contribution in [2.75, 3.05) is 20.2 Å². The summed E-state index contributed by atoms with van der Waals surface area (Å²) in [6.45, 7) is 0.330. The molecule has 0 radical (unpaired) electrons. The molecule has 1 atom stereocenters. The normalized spacial score (nSPS) is 30.6.